The van der Waals surface area contributed by atoms with E-state index in [0.29, 0.717) is 33.4 Å². The lowest BCUT2D eigenvalue weighted by Gasteiger charge is -2.12. The van der Waals surface area contributed by atoms with Gasteiger partial charge in [0.25, 0.3) is 17.5 Å². The first-order chi connectivity index (χ1) is 22.8. The number of rotatable bonds is 12. The Bertz CT molecular complexity index is 1930. The molecule has 0 aliphatic heterocycles. The van der Waals surface area contributed by atoms with Gasteiger partial charge in [-0.25, -0.2) is 4.98 Å². The summed E-state index contributed by atoms with van der Waals surface area (Å²) in [4.78, 5) is 54.6. The van der Waals surface area contributed by atoms with Crippen LogP contribution in [-0.4, -0.2) is 40.5 Å². The summed E-state index contributed by atoms with van der Waals surface area (Å²) in [6.07, 6.45) is 1.44. The van der Waals surface area contributed by atoms with Crippen molar-refractivity contribution >= 4 is 63.4 Å². The molecule has 0 saturated carbocycles. The molecule has 3 amide bonds. The number of nitro groups is 1. The van der Waals surface area contributed by atoms with Crippen molar-refractivity contribution in [2.24, 2.45) is 0 Å². The molecule has 0 bridgehead atoms. The Balaban J connectivity index is 1.20. The van der Waals surface area contributed by atoms with Crippen molar-refractivity contribution in [2.75, 3.05) is 23.5 Å². The van der Waals surface area contributed by atoms with E-state index in [-0.39, 0.29) is 23.0 Å². The van der Waals surface area contributed by atoms with Gasteiger partial charge in [0.2, 0.25) is 5.91 Å². The predicted octanol–water partition coefficient (Wildman–Crippen LogP) is 6.87. The van der Waals surface area contributed by atoms with Gasteiger partial charge in [0.15, 0.2) is 5.13 Å². The van der Waals surface area contributed by atoms with Crippen LogP contribution in [0.2, 0.25) is 0 Å². The normalized spacial score (nSPS) is 11.0. The zero-order chi connectivity index (χ0) is 33.2. The summed E-state index contributed by atoms with van der Waals surface area (Å²) in [6, 6.07) is 28.4. The molecule has 0 unspecified atom stereocenters. The van der Waals surface area contributed by atoms with E-state index in [2.05, 4.69) is 20.9 Å². The van der Waals surface area contributed by atoms with Crippen LogP contribution < -0.4 is 20.7 Å². The highest BCUT2D eigenvalue weighted by molar-refractivity contribution is 8.00. The van der Waals surface area contributed by atoms with Crippen molar-refractivity contribution in [1.82, 2.24) is 10.3 Å². The van der Waals surface area contributed by atoms with Gasteiger partial charge >= 0.3 is 0 Å². The van der Waals surface area contributed by atoms with E-state index >= 15 is 0 Å². The molecule has 0 radical (unpaired) electrons. The van der Waals surface area contributed by atoms with E-state index in [1.54, 1.807) is 61.7 Å². The van der Waals surface area contributed by atoms with Gasteiger partial charge in [-0.15, -0.1) is 23.1 Å². The lowest BCUT2D eigenvalue weighted by atomic mass is 10.1. The Hall–Kier alpha value is -5.79. The molecular weight excluding hydrogens is 639 g/mol. The standard InChI is InChI=1S/C34H27N5O6S2/c1-45-30-10-6-5-9-27(30)29-20-47-34(37-29)38-31(40)21-46-26-17-13-24(14-18-26)35-33(42)28(36-32(41)23-7-3-2-4-8-23)19-22-11-15-25(16-12-22)39(43)44/h2-20H,21H2,1H3,(H,35,42)(H,36,41)(H,37,38,40)/b28-19-. The number of thioether (sulfide) groups is 1. The maximum absolute atomic E-state index is 13.3. The number of aromatic nitrogens is 1. The topological polar surface area (TPSA) is 153 Å². The number of amides is 3. The molecule has 0 fully saturated rings. The number of methoxy groups -OCH3 is 1. The van der Waals surface area contributed by atoms with Crippen LogP contribution in [-0.2, 0) is 9.59 Å². The van der Waals surface area contributed by atoms with Gasteiger partial charge in [0.05, 0.1) is 23.5 Å². The summed E-state index contributed by atoms with van der Waals surface area (Å²) >= 11 is 2.64. The fourth-order valence-electron chi connectivity index (χ4n) is 4.25. The Morgan fingerprint density at radius 3 is 2.32 bits per heavy atom. The summed E-state index contributed by atoms with van der Waals surface area (Å²) in [5.74, 6) is -0.470. The monoisotopic (exact) mass is 665 g/mol. The van der Waals surface area contributed by atoms with Gasteiger partial charge in [-0.1, -0.05) is 30.3 Å². The molecule has 5 rings (SSSR count). The van der Waals surface area contributed by atoms with Gasteiger partial charge in [0, 0.05) is 39.2 Å². The molecule has 13 heteroatoms. The van der Waals surface area contributed by atoms with Crippen molar-refractivity contribution in [3.05, 3.63) is 135 Å². The zero-order valence-electron chi connectivity index (χ0n) is 24.8. The third-order valence-electron chi connectivity index (χ3n) is 6.56. The van der Waals surface area contributed by atoms with E-state index in [1.165, 1.54) is 53.4 Å². The Kier molecular flexibility index (Phi) is 10.7. The number of thiazole rings is 1. The number of hydrogen-bond donors (Lipinski definition) is 3. The second-order valence-electron chi connectivity index (χ2n) is 9.78. The fourth-order valence-corrected chi connectivity index (χ4v) is 5.67. The number of nitro benzene ring substituents is 1. The van der Waals surface area contributed by atoms with Crippen molar-refractivity contribution < 1.29 is 24.0 Å². The lowest BCUT2D eigenvalue weighted by Crippen LogP contribution is -2.30. The first kappa shape index (κ1) is 32.6. The Morgan fingerprint density at radius 2 is 1.62 bits per heavy atom. The molecule has 236 valence electrons. The van der Waals surface area contributed by atoms with E-state index in [0.717, 1.165) is 10.5 Å². The third-order valence-corrected chi connectivity index (χ3v) is 8.33. The second kappa shape index (κ2) is 15.5. The number of nitrogens with zero attached hydrogens (tertiary/aromatic N) is 2. The maximum Gasteiger partial charge on any atom is 0.272 e. The number of carbonyl (C=O) groups is 3. The number of ether oxygens (including phenoxy) is 1. The molecule has 11 nitrogen and oxygen atoms in total. The summed E-state index contributed by atoms with van der Waals surface area (Å²) in [5.41, 5.74) is 2.68. The van der Waals surface area contributed by atoms with E-state index in [4.69, 9.17) is 4.74 Å². The van der Waals surface area contributed by atoms with Gasteiger partial charge in [0.1, 0.15) is 11.4 Å². The highest BCUT2D eigenvalue weighted by Gasteiger charge is 2.16. The van der Waals surface area contributed by atoms with Crippen molar-refractivity contribution in [3.63, 3.8) is 0 Å². The molecule has 0 atom stereocenters. The molecule has 0 spiro atoms. The van der Waals surface area contributed by atoms with Crippen molar-refractivity contribution in [3.8, 4) is 17.0 Å². The first-order valence-corrected chi connectivity index (χ1v) is 15.9. The number of hydrogen-bond acceptors (Lipinski definition) is 9. The summed E-state index contributed by atoms with van der Waals surface area (Å²) in [6.45, 7) is 0. The van der Waals surface area contributed by atoms with E-state index in [9.17, 15) is 24.5 Å². The van der Waals surface area contributed by atoms with Gasteiger partial charge < -0.3 is 20.7 Å². The average Bonchev–Trinajstić information content (AvgIpc) is 3.56. The highest BCUT2D eigenvalue weighted by atomic mass is 32.2. The van der Waals surface area contributed by atoms with Crippen LogP contribution >= 0.6 is 23.1 Å². The number of non-ortho nitro benzene ring substituents is 1. The molecule has 0 aliphatic carbocycles. The maximum atomic E-state index is 13.3. The predicted molar refractivity (Wildman–Crippen MR) is 184 cm³/mol. The molecule has 47 heavy (non-hydrogen) atoms. The Labute approximate surface area is 277 Å². The van der Waals surface area contributed by atoms with Crippen LogP contribution in [0.3, 0.4) is 0 Å². The van der Waals surface area contributed by atoms with Crippen molar-refractivity contribution in [2.45, 2.75) is 4.90 Å². The molecule has 3 N–H and O–H groups in total. The summed E-state index contributed by atoms with van der Waals surface area (Å²) in [7, 11) is 1.59. The van der Waals surface area contributed by atoms with Crippen LogP contribution in [0, 0.1) is 10.1 Å². The van der Waals surface area contributed by atoms with E-state index < -0.39 is 16.7 Å². The molecule has 1 heterocycles. The first-order valence-electron chi connectivity index (χ1n) is 14.0. The van der Waals surface area contributed by atoms with Crippen LogP contribution in [0.1, 0.15) is 15.9 Å². The minimum absolute atomic E-state index is 0.0566. The molecule has 0 saturated heterocycles. The minimum atomic E-state index is -0.594. The van der Waals surface area contributed by atoms with Crippen LogP contribution in [0.4, 0.5) is 16.5 Å². The highest BCUT2D eigenvalue weighted by Crippen LogP contribution is 2.32. The number of carbonyl (C=O) groups excluding carboxylic acids is 3. The van der Waals surface area contributed by atoms with Gasteiger partial charge in [-0.2, -0.15) is 0 Å². The number of para-hydroxylation sites is 1. The lowest BCUT2D eigenvalue weighted by molar-refractivity contribution is -0.384. The quantitative estimate of drug-likeness (QED) is 0.0565. The number of nitrogens with one attached hydrogen (secondary N) is 3. The van der Waals surface area contributed by atoms with Crippen LogP contribution in [0.25, 0.3) is 17.3 Å². The largest absolute Gasteiger partial charge is 0.496 e. The second-order valence-corrected chi connectivity index (χ2v) is 11.7. The molecule has 5 aromatic rings. The number of benzene rings is 4. The molecule has 4 aromatic carbocycles. The zero-order valence-corrected chi connectivity index (χ0v) is 26.5. The molecule has 0 aliphatic rings. The third kappa shape index (κ3) is 8.90. The van der Waals surface area contributed by atoms with Gasteiger partial charge in [-0.3, -0.25) is 24.5 Å². The number of anilines is 2. The van der Waals surface area contributed by atoms with Crippen molar-refractivity contribution in [1.29, 1.82) is 0 Å². The Morgan fingerprint density at radius 1 is 0.915 bits per heavy atom. The minimum Gasteiger partial charge on any atom is -0.496 e. The molecule has 1 aromatic heterocycles. The SMILES string of the molecule is COc1ccccc1-c1csc(NC(=O)CSc2ccc(NC(=O)/C(=C/c3ccc([N+](=O)[O-])cc3)NC(=O)c3ccccc3)cc2)n1. The van der Waals surface area contributed by atoms with Crippen LogP contribution in [0.15, 0.2) is 119 Å². The average molecular weight is 666 g/mol. The summed E-state index contributed by atoms with van der Waals surface area (Å²) < 4.78 is 5.40. The van der Waals surface area contributed by atoms with Gasteiger partial charge in [-0.05, 0) is 72.3 Å². The molecular formula is C34H27N5O6S2. The fraction of sp³-hybridized carbons (Fsp3) is 0.0588. The van der Waals surface area contributed by atoms with E-state index in [1.807, 2.05) is 29.6 Å². The van der Waals surface area contributed by atoms with Crippen LogP contribution in [0.5, 0.6) is 5.75 Å². The smallest absolute Gasteiger partial charge is 0.272 e. The summed E-state index contributed by atoms with van der Waals surface area (Å²) in [5, 5.41) is 21.6.